The van der Waals surface area contributed by atoms with Gasteiger partial charge < -0.3 is 14.4 Å². The molecule has 10 heteroatoms. The minimum Gasteiger partial charge on any atom is -0.361 e. The number of alkyl halides is 3. The van der Waals surface area contributed by atoms with Crippen molar-refractivity contribution in [3.05, 3.63) is 57.5 Å². The first-order valence-corrected chi connectivity index (χ1v) is 9.52. The fourth-order valence-corrected chi connectivity index (χ4v) is 3.75. The summed E-state index contributed by atoms with van der Waals surface area (Å²) in [5, 5.41) is 3.86. The number of pyridine rings is 2. The van der Waals surface area contributed by atoms with Crippen LogP contribution in [-0.2, 0) is 17.4 Å². The lowest BCUT2D eigenvalue weighted by Crippen LogP contribution is -2.40. The molecule has 158 valence electrons. The fraction of sp³-hybridized carbons (Fsp3) is 0.400. The number of halogens is 3. The van der Waals surface area contributed by atoms with Crippen molar-refractivity contribution in [2.24, 2.45) is 0 Å². The normalized spacial score (nSPS) is 17.5. The topological polar surface area (TPSA) is 92.1 Å². The molecule has 0 saturated carbocycles. The number of aromatic amines is 1. The van der Waals surface area contributed by atoms with E-state index >= 15 is 0 Å². The summed E-state index contributed by atoms with van der Waals surface area (Å²) in [6.07, 6.45) is -3.10. The summed E-state index contributed by atoms with van der Waals surface area (Å²) < 4.78 is 44.1. The zero-order valence-corrected chi connectivity index (χ0v) is 16.1. The van der Waals surface area contributed by atoms with Gasteiger partial charge in [-0.05, 0) is 38.0 Å². The lowest BCUT2D eigenvalue weighted by atomic mass is 9.93. The average Bonchev–Trinajstić information content (AvgIpc) is 3.11. The fourth-order valence-electron chi connectivity index (χ4n) is 3.75. The van der Waals surface area contributed by atoms with Gasteiger partial charge in [0.25, 0.3) is 5.56 Å². The highest BCUT2D eigenvalue weighted by Gasteiger charge is 2.33. The first-order chi connectivity index (χ1) is 14.2. The highest BCUT2D eigenvalue weighted by Crippen LogP contribution is 2.30. The molecule has 1 aliphatic rings. The number of hydrogen-bond donors (Lipinski definition) is 1. The molecule has 1 aliphatic heterocycles. The van der Waals surface area contributed by atoms with E-state index in [1.807, 2.05) is 0 Å². The number of carbonyl (C=O) groups excluding carboxylic acids is 1. The summed E-state index contributed by atoms with van der Waals surface area (Å²) in [7, 11) is 0. The van der Waals surface area contributed by atoms with Crippen LogP contribution in [0.2, 0.25) is 0 Å². The van der Waals surface area contributed by atoms with Crippen LogP contribution >= 0.6 is 0 Å². The first-order valence-electron chi connectivity index (χ1n) is 9.52. The van der Waals surface area contributed by atoms with Crippen molar-refractivity contribution >= 4 is 16.8 Å². The number of fused-ring (bicyclic) bond motifs is 1. The summed E-state index contributed by atoms with van der Waals surface area (Å²) in [6.45, 7) is 2.69. The van der Waals surface area contributed by atoms with Gasteiger partial charge in [-0.2, -0.15) is 13.2 Å². The van der Waals surface area contributed by atoms with Crippen molar-refractivity contribution in [3.8, 4) is 0 Å². The summed E-state index contributed by atoms with van der Waals surface area (Å²) in [5.41, 5.74) is -0.385. The van der Waals surface area contributed by atoms with Crippen molar-refractivity contribution in [1.82, 2.24) is 20.0 Å². The largest absolute Gasteiger partial charge is 0.433 e. The highest BCUT2D eigenvalue weighted by atomic mass is 19.4. The van der Waals surface area contributed by atoms with Crippen LogP contribution in [0.1, 0.15) is 41.6 Å². The second-order valence-corrected chi connectivity index (χ2v) is 7.47. The monoisotopic (exact) mass is 420 g/mol. The number of likely N-dealkylation sites (tertiary alicyclic amines) is 1. The minimum atomic E-state index is -4.59. The van der Waals surface area contributed by atoms with Crippen LogP contribution in [0.5, 0.6) is 0 Å². The lowest BCUT2D eigenvalue weighted by molar-refractivity contribution is -0.141. The Labute approximate surface area is 168 Å². The Morgan fingerprint density at radius 2 is 2.13 bits per heavy atom. The van der Waals surface area contributed by atoms with E-state index in [-0.39, 0.29) is 29.1 Å². The number of amides is 1. The van der Waals surface area contributed by atoms with Crippen molar-refractivity contribution in [2.75, 3.05) is 13.1 Å². The van der Waals surface area contributed by atoms with Crippen molar-refractivity contribution in [2.45, 2.75) is 38.3 Å². The molecule has 1 N–H and O–H groups in total. The molecule has 3 aromatic rings. The molecule has 7 nitrogen and oxygen atoms in total. The maximum Gasteiger partial charge on any atom is 0.433 e. The molecule has 0 spiro atoms. The van der Waals surface area contributed by atoms with Crippen LogP contribution in [0.15, 0.2) is 33.6 Å². The van der Waals surface area contributed by atoms with Gasteiger partial charge >= 0.3 is 6.18 Å². The number of aromatic nitrogens is 3. The second-order valence-electron chi connectivity index (χ2n) is 7.47. The van der Waals surface area contributed by atoms with Crippen molar-refractivity contribution in [3.63, 3.8) is 0 Å². The Balaban J connectivity index is 1.58. The molecule has 4 heterocycles. The highest BCUT2D eigenvalue weighted by molar-refractivity contribution is 5.79. The third-order valence-electron chi connectivity index (χ3n) is 5.23. The van der Waals surface area contributed by atoms with Crippen LogP contribution in [0.3, 0.4) is 0 Å². The van der Waals surface area contributed by atoms with Gasteiger partial charge in [0.2, 0.25) is 5.91 Å². The van der Waals surface area contributed by atoms with E-state index in [4.69, 9.17) is 4.52 Å². The number of hydrogen-bond acceptors (Lipinski definition) is 5. The standard InChI is InChI=1S/C20H19F3N4O3/c1-11-7-13(30-26-11)8-18(28)27-6-2-3-12(10-27)15-9-16-14(19(29)25-15)4-5-17(24-16)20(21,22)23/h4-5,7,9,12H,2-3,6,8,10H2,1H3,(H,25,29)/t12-/m0/s1. The maximum atomic E-state index is 13.0. The summed E-state index contributed by atoms with van der Waals surface area (Å²) in [4.78, 5) is 33.1. The number of aryl methyl sites for hydroxylation is 1. The van der Waals surface area contributed by atoms with Crippen LogP contribution in [-0.4, -0.2) is 39.0 Å². The number of nitrogens with one attached hydrogen (secondary N) is 1. The Kier molecular flexibility index (Phi) is 5.08. The van der Waals surface area contributed by atoms with Crippen LogP contribution < -0.4 is 5.56 Å². The maximum absolute atomic E-state index is 13.0. The molecule has 0 aliphatic carbocycles. The predicted molar refractivity (Wildman–Crippen MR) is 101 cm³/mol. The number of piperidine rings is 1. The third-order valence-corrected chi connectivity index (χ3v) is 5.23. The van der Waals surface area contributed by atoms with E-state index in [2.05, 4.69) is 15.1 Å². The van der Waals surface area contributed by atoms with Gasteiger partial charge in [0.1, 0.15) is 11.5 Å². The SMILES string of the molecule is Cc1cc(CC(=O)N2CCC[C@H](c3cc4nc(C(F)(F)F)ccc4c(=O)[nH]3)C2)on1. The Morgan fingerprint density at radius 1 is 1.33 bits per heavy atom. The smallest absolute Gasteiger partial charge is 0.361 e. The molecule has 3 aromatic heterocycles. The minimum absolute atomic E-state index is 0.0100. The van der Waals surface area contributed by atoms with Gasteiger partial charge in [-0.1, -0.05) is 5.16 Å². The lowest BCUT2D eigenvalue weighted by Gasteiger charge is -2.32. The predicted octanol–water partition coefficient (Wildman–Crippen LogP) is 3.19. The average molecular weight is 420 g/mol. The van der Waals surface area contributed by atoms with Crippen molar-refractivity contribution in [1.29, 1.82) is 0 Å². The molecule has 4 rings (SSSR count). The van der Waals surface area contributed by atoms with Gasteiger partial charge in [-0.15, -0.1) is 0 Å². The second kappa shape index (κ2) is 7.58. The van der Waals surface area contributed by atoms with E-state index < -0.39 is 17.4 Å². The third kappa shape index (κ3) is 4.07. The quantitative estimate of drug-likeness (QED) is 0.703. The molecular weight excluding hydrogens is 401 g/mol. The van der Waals surface area contributed by atoms with Gasteiger partial charge in [-0.25, -0.2) is 4.98 Å². The zero-order chi connectivity index (χ0) is 21.5. The van der Waals surface area contributed by atoms with E-state index in [0.717, 1.165) is 12.1 Å². The van der Waals surface area contributed by atoms with E-state index in [1.54, 1.807) is 17.9 Å². The molecule has 1 atom stereocenters. The Morgan fingerprint density at radius 3 is 2.83 bits per heavy atom. The number of rotatable bonds is 3. The number of H-pyrrole nitrogens is 1. The zero-order valence-electron chi connectivity index (χ0n) is 16.1. The molecule has 0 unspecified atom stereocenters. The Hall–Kier alpha value is -3.17. The number of carbonyl (C=O) groups is 1. The van der Waals surface area contributed by atoms with E-state index in [9.17, 15) is 22.8 Å². The molecule has 0 aromatic carbocycles. The van der Waals surface area contributed by atoms with Crippen molar-refractivity contribution < 1.29 is 22.5 Å². The van der Waals surface area contributed by atoms with Gasteiger partial charge in [0.05, 0.1) is 23.0 Å². The summed E-state index contributed by atoms with van der Waals surface area (Å²) >= 11 is 0. The van der Waals surface area contributed by atoms with Gasteiger partial charge in [-0.3, -0.25) is 9.59 Å². The van der Waals surface area contributed by atoms with E-state index in [0.29, 0.717) is 43.1 Å². The van der Waals surface area contributed by atoms with E-state index in [1.165, 1.54) is 6.07 Å². The summed E-state index contributed by atoms with van der Waals surface area (Å²) in [6, 6.07) is 5.10. The molecule has 30 heavy (non-hydrogen) atoms. The molecular formula is C20H19F3N4O3. The summed E-state index contributed by atoms with van der Waals surface area (Å²) in [5.74, 6) is 0.145. The number of nitrogens with zero attached hydrogens (tertiary/aromatic N) is 3. The van der Waals surface area contributed by atoms with Crippen LogP contribution in [0.25, 0.3) is 10.9 Å². The molecule has 1 saturated heterocycles. The molecule has 0 radical (unpaired) electrons. The Bertz CT molecular complexity index is 1150. The molecule has 1 amide bonds. The van der Waals surface area contributed by atoms with Gasteiger partial charge in [0.15, 0.2) is 0 Å². The van der Waals surface area contributed by atoms with Crippen LogP contribution in [0, 0.1) is 6.92 Å². The first kappa shape index (κ1) is 20.1. The molecule has 0 bridgehead atoms. The van der Waals surface area contributed by atoms with Gasteiger partial charge in [0, 0.05) is 30.8 Å². The van der Waals surface area contributed by atoms with Crippen LogP contribution in [0.4, 0.5) is 13.2 Å². The molecule has 1 fully saturated rings.